The number of methoxy groups -OCH3 is 1. The molecule has 1 atom stereocenters. The van der Waals surface area contributed by atoms with Crippen molar-refractivity contribution in [3.8, 4) is 11.8 Å². The maximum Gasteiger partial charge on any atom is 0.144 e. The van der Waals surface area contributed by atoms with E-state index in [4.69, 9.17) is 4.74 Å². The molecule has 0 saturated carbocycles. The predicted molar refractivity (Wildman–Crippen MR) is 90.6 cm³/mol. The van der Waals surface area contributed by atoms with E-state index in [0.29, 0.717) is 11.4 Å². The zero-order chi connectivity index (χ0) is 16.9. The standard InChI is InChI=1S/C18H17N5O/c1-23-11-10-21-18(23)16(14-7-3-4-8-15(14)24-2)22-17-13(12-19)6-5-9-20-17/h3-11,16H,1-2H3,(H,20,22)/t16-/m1/s1. The molecular weight excluding hydrogens is 302 g/mol. The summed E-state index contributed by atoms with van der Waals surface area (Å²) in [5.74, 6) is 2.06. The third-order valence-corrected chi connectivity index (χ3v) is 3.78. The summed E-state index contributed by atoms with van der Waals surface area (Å²) in [6.45, 7) is 0. The Morgan fingerprint density at radius 3 is 2.71 bits per heavy atom. The van der Waals surface area contributed by atoms with Crippen molar-refractivity contribution < 1.29 is 4.74 Å². The van der Waals surface area contributed by atoms with Crippen LogP contribution in [0.15, 0.2) is 55.0 Å². The molecule has 0 spiro atoms. The topological polar surface area (TPSA) is 75.8 Å². The van der Waals surface area contributed by atoms with E-state index in [0.717, 1.165) is 17.1 Å². The van der Waals surface area contributed by atoms with Crippen LogP contribution in [0.2, 0.25) is 0 Å². The van der Waals surface area contributed by atoms with Gasteiger partial charge < -0.3 is 14.6 Å². The van der Waals surface area contributed by atoms with Crippen LogP contribution in [0.4, 0.5) is 5.82 Å². The van der Waals surface area contributed by atoms with E-state index in [-0.39, 0.29) is 6.04 Å². The van der Waals surface area contributed by atoms with Crippen LogP contribution in [0.1, 0.15) is 23.0 Å². The van der Waals surface area contributed by atoms with Crippen LogP contribution in [0, 0.1) is 11.3 Å². The van der Waals surface area contributed by atoms with Crippen LogP contribution in [0.25, 0.3) is 0 Å². The number of pyridine rings is 1. The van der Waals surface area contributed by atoms with Gasteiger partial charge in [-0.15, -0.1) is 0 Å². The Morgan fingerprint density at radius 2 is 2.00 bits per heavy atom. The van der Waals surface area contributed by atoms with Gasteiger partial charge in [0.25, 0.3) is 0 Å². The molecule has 1 aromatic carbocycles. The largest absolute Gasteiger partial charge is 0.496 e. The van der Waals surface area contributed by atoms with E-state index < -0.39 is 0 Å². The number of ether oxygens (including phenoxy) is 1. The van der Waals surface area contributed by atoms with Crippen molar-refractivity contribution in [1.82, 2.24) is 14.5 Å². The molecule has 0 fully saturated rings. The Kier molecular flexibility index (Phi) is 4.43. The first-order valence-electron chi connectivity index (χ1n) is 7.46. The maximum atomic E-state index is 9.31. The zero-order valence-corrected chi connectivity index (χ0v) is 13.5. The Labute approximate surface area is 140 Å². The maximum absolute atomic E-state index is 9.31. The molecule has 6 nitrogen and oxygen atoms in total. The molecule has 24 heavy (non-hydrogen) atoms. The van der Waals surface area contributed by atoms with Gasteiger partial charge in [-0.2, -0.15) is 5.26 Å². The number of para-hydroxylation sites is 1. The highest BCUT2D eigenvalue weighted by Gasteiger charge is 2.23. The van der Waals surface area contributed by atoms with Crippen molar-refractivity contribution in [3.05, 3.63) is 71.9 Å². The number of hydrogen-bond acceptors (Lipinski definition) is 5. The molecule has 0 aliphatic heterocycles. The Morgan fingerprint density at radius 1 is 1.17 bits per heavy atom. The van der Waals surface area contributed by atoms with Gasteiger partial charge in [-0.3, -0.25) is 0 Å². The van der Waals surface area contributed by atoms with Crippen molar-refractivity contribution in [2.24, 2.45) is 7.05 Å². The van der Waals surface area contributed by atoms with Crippen LogP contribution in [0.5, 0.6) is 5.75 Å². The number of nitriles is 1. The van der Waals surface area contributed by atoms with Gasteiger partial charge in [0, 0.05) is 31.2 Å². The Bertz CT molecular complexity index is 881. The van der Waals surface area contributed by atoms with Gasteiger partial charge in [0.05, 0.1) is 12.7 Å². The molecule has 0 bridgehead atoms. The zero-order valence-electron chi connectivity index (χ0n) is 13.5. The van der Waals surface area contributed by atoms with Gasteiger partial charge in [0.1, 0.15) is 29.5 Å². The first-order chi connectivity index (χ1) is 11.7. The van der Waals surface area contributed by atoms with Crippen LogP contribution >= 0.6 is 0 Å². The van der Waals surface area contributed by atoms with Gasteiger partial charge in [-0.1, -0.05) is 18.2 Å². The molecule has 0 unspecified atom stereocenters. The lowest BCUT2D eigenvalue weighted by atomic mass is 10.0. The second-order valence-corrected chi connectivity index (χ2v) is 5.23. The summed E-state index contributed by atoms with van der Waals surface area (Å²) in [5.41, 5.74) is 1.40. The number of nitrogens with zero attached hydrogens (tertiary/aromatic N) is 4. The molecule has 0 saturated heterocycles. The van der Waals surface area contributed by atoms with E-state index in [9.17, 15) is 5.26 Å². The third kappa shape index (κ3) is 2.92. The summed E-state index contributed by atoms with van der Waals surface area (Å²) < 4.78 is 7.43. The number of imidazole rings is 1. The fourth-order valence-electron chi connectivity index (χ4n) is 2.59. The first-order valence-corrected chi connectivity index (χ1v) is 7.46. The van der Waals surface area contributed by atoms with Crippen LogP contribution in [-0.2, 0) is 7.05 Å². The van der Waals surface area contributed by atoms with Crippen molar-refractivity contribution >= 4 is 5.82 Å². The lowest BCUT2D eigenvalue weighted by Crippen LogP contribution is -2.18. The van der Waals surface area contributed by atoms with Gasteiger partial charge in [0.15, 0.2) is 0 Å². The number of aromatic nitrogens is 3. The number of aryl methyl sites for hydroxylation is 1. The molecule has 120 valence electrons. The quantitative estimate of drug-likeness (QED) is 0.782. The lowest BCUT2D eigenvalue weighted by molar-refractivity contribution is 0.408. The summed E-state index contributed by atoms with van der Waals surface area (Å²) in [5, 5.41) is 12.6. The van der Waals surface area contributed by atoms with Crippen molar-refractivity contribution in [1.29, 1.82) is 5.26 Å². The van der Waals surface area contributed by atoms with Crippen LogP contribution < -0.4 is 10.1 Å². The third-order valence-electron chi connectivity index (χ3n) is 3.78. The van der Waals surface area contributed by atoms with Gasteiger partial charge in [-0.05, 0) is 18.2 Å². The van der Waals surface area contributed by atoms with Gasteiger partial charge in [0.2, 0.25) is 0 Å². The fraction of sp³-hybridized carbons (Fsp3) is 0.167. The molecule has 0 aliphatic rings. The van der Waals surface area contributed by atoms with Gasteiger partial charge in [-0.25, -0.2) is 9.97 Å². The van der Waals surface area contributed by atoms with Gasteiger partial charge >= 0.3 is 0 Å². The monoisotopic (exact) mass is 319 g/mol. The molecule has 2 heterocycles. The normalized spacial score (nSPS) is 11.5. The summed E-state index contributed by atoms with van der Waals surface area (Å²) in [4.78, 5) is 8.75. The highest BCUT2D eigenvalue weighted by molar-refractivity contribution is 5.55. The van der Waals surface area contributed by atoms with Crippen LogP contribution in [0.3, 0.4) is 0 Å². The predicted octanol–water partition coefficient (Wildman–Crippen LogP) is 2.90. The minimum atomic E-state index is -0.303. The molecule has 0 radical (unpaired) electrons. The second kappa shape index (κ2) is 6.84. The summed E-state index contributed by atoms with van der Waals surface area (Å²) in [7, 11) is 3.56. The summed E-state index contributed by atoms with van der Waals surface area (Å²) in [6, 6.07) is 13.1. The molecule has 6 heteroatoms. The number of nitrogens with one attached hydrogen (secondary N) is 1. The Balaban J connectivity index is 2.10. The second-order valence-electron chi connectivity index (χ2n) is 5.23. The number of benzene rings is 1. The SMILES string of the molecule is COc1ccccc1[C@@H](Nc1ncccc1C#N)c1nccn1C. The highest BCUT2D eigenvalue weighted by Crippen LogP contribution is 2.32. The minimum Gasteiger partial charge on any atom is -0.496 e. The van der Waals surface area contributed by atoms with E-state index in [1.165, 1.54) is 0 Å². The van der Waals surface area contributed by atoms with Crippen LogP contribution in [-0.4, -0.2) is 21.6 Å². The smallest absolute Gasteiger partial charge is 0.144 e. The number of anilines is 1. The molecule has 0 aliphatic carbocycles. The number of rotatable bonds is 5. The van der Waals surface area contributed by atoms with E-state index in [1.54, 1.807) is 31.6 Å². The molecule has 3 aromatic rings. The Hall–Kier alpha value is -3.33. The average molecular weight is 319 g/mol. The molecule has 1 N–H and O–H groups in total. The molecular formula is C18H17N5O. The number of hydrogen-bond donors (Lipinski definition) is 1. The van der Waals surface area contributed by atoms with E-state index >= 15 is 0 Å². The lowest BCUT2D eigenvalue weighted by Gasteiger charge is -2.22. The van der Waals surface area contributed by atoms with Crippen molar-refractivity contribution in [2.75, 3.05) is 12.4 Å². The van der Waals surface area contributed by atoms with Crippen molar-refractivity contribution in [3.63, 3.8) is 0 Å². The molecule has 2 aromatic heterocycles. The molecule has 0 amide bonds. The molecule has 3 rings (SSSR count). The van der Waals surface area contributed by atoms with E-state index in [2.05, 4.69) is 21.4 Å². The van der Waals surface area contributed by atoms with E-state index in [1.807, 2.05) is 42.1 Å². The summed E-state index contributed by atoms with van der Waals surface area (Å²) in [6.07, 6.45) is 5.27. The minimum absolute atomic E-state index is 0.303. The average Bonchev–Trinajstić information content (AvgIpc) is 3.05. The first kappa shape index (κ1) is 15.6. The highest BCUT2D eigenvalue weighted by atomic mass is 16.5. The summed E-state index contributed by atoms with van der Waals surface area (Å²) >= 11 is 0. The fourth-order valence-corrected chi connectivity index (χ4v) is 2.59. The van der Waals surface area contributed by atoms with Crippen molar-refractivity contribution in [2.45, 2.75) is 6.04 Å².